The Labute approximate surface area is 196 Å². The highest BCUT2D eigenvalue weighted by Gasteiger charge is 2.66. The van der Waals surface area contributed by atoms with E-state index in [1.807, 2.05) is 12.4 Å². The molecule has 8 rings (SSSR count). The Hall–Kier alpha value is -1.97. The van der Waals surface area contributed by atoms with Crippen molar-refractivity contribution in [2.24, 2.45) is 11.3 Å². The van der Waals surface area contributed by atoms with Crippen LogP contribution in [0.4, 0.5) is 0 Å². The number of hydrogen-bond donors (Lipinski definition) is 0. The molecule has 1 aromatic heterocycles. The van der Waals surface area contributed by atoms with Crippen LogP contribution in [0.15, 0.2) is 60.0 Å². The number of hydrogen-bond acceptors (Lipinski definition) is 3. The highest BCUT2D eigenvalue weighted by molar-refractivity contribution is 5.82. The number of allylic oxidation sites excluding steroid dienone is 1. The highest BCUT2D eigenvalue weighted by atomic mass is 16.5. The first-order valence-corrected chi connectivity index (χ1v) is 13.3. The fourth-order valence-corrected chi connectivity index (χ4v) is 8.98. The van der Waals surface area contributed by atoms with Gasteiger partial charge < -0.3 is 4.74 Å². The second kappa shape index (κ2) is 6.37. The fourth-order valence-electron chi connectivity index (χ4n) is 8.98. The van der Waals surface area contributed by atoms with Crippen molar-refractivity contribution in [3.05, 3.63) is 65.5 Å². The molecule has 2 aromatic rings. The van der Waals surface area contributed by atoms with E-state index < -0.39 is 0 Å². The van der Waals surface area contributed by atoms with Crippen LogP contribution in [0.5, 0.6) is 0 Å². The van der Waals surface area contributed by atoms with Crippen LogP contribution in [0.1, 0.15) is 69.8 Å². The van der Waals surface area contributed by atoms with E-state index in [2.05, 4.69) is 53.2 Å². The lowest BCUT2D eigenvalue weighted by atomic mass is 9.58. The molecule has 0 radical (unpaired) electrons. The minimum atomic E-state index is -0.0373. The van der Waals surface area contributed by atoms with Crippen LogP contribution < -0.4 is 0 Å². The average molecular weight is 439 g/mol. The Bertz CT molecular complexity index is 1230. The van der Waals surface area contributed by atoms with Gasteiger partial charge in [0.2, 0.25) is 0 Å². The van der Waals surface area contributed by atoms with E-state index in [0.29, 0.717) is 11.8 Å². The molecule has 33 heavy (non-hydrogen) atoms. The summed E-state index contributed by atoms with van der Waals surface area (Å²) in [7, 11) is 0. The Balaban J connectivity index is 1.18. The van der Waals surface area contributed by atoms with Crippen molar-refractivity contribution in [3.63, 3.8) is 0 Å². The van der Waals surface area contributed by atoms with Gasteiger partial charge in [-0.15, -0.1) is 0 Å². The molecule has 0 N–H and O–H groups in total. The van der Waals surface area contributed by atoms with Gasteiger partial charge in [0, 0.05) is 36.9 Å². The van der Waals surface area contributed by atoms with Gasteiger partial charge in [-0.05, 0) is 103 Å². The Morgan fingerprint density at radius 2 is 2.00 bits per heavy atom. The van der Waals surface area contributed by atoms with Crippen LogP contribution in [0.3, 0.4) is 0 Å². The van der Waals surface area contributed by atoms with Crippen molar-refractivity contribution in [3.8, 4) is 0 Å². The minimum absolute atomic E-state index is 0.0355. The molecule has 6 atom stereocenters. The maximum atomic E-state index is 7.45. The Morgan fingerprint density at radius 3 is 2.91 bits per heavy atom. The van der Waals surface area contributed by atoms with Crippen LogP contribution in [0.25, 0.3) is 10.8 Å². The van der Waals surface area contributed by atoms with Gasteiger partial charge >= 0.3 is 0 Å². The molecule has 2 spiro atoms. The second-order valence-electron chi connectivity index (χ2n) is 12.1. The maximum Gasteiger partial charge on any atom is 0.0974 e. The van der Waals surface area contributed by atoms with E-state index in [1.54, 1.807) is 11.1 Å². The van der Waals surface area contributed by atoms with Crippen molar-refractivity contribution in [1.29, 1.82) is 0 Å². The first kappa shape index (κ1) is 19.3. The Kier molecular flexibility index (Phi) is 3.73. The van der Waals surface area contributed by atoms with Gasteiger partial charge in [-0.2, -0.15) is 0 Å². The summed E-state index contributed by atoms with van der Waals surface area (Å²) in [5.74, 6) is 1.22. The highest BCUT2D eigenvalue weighted by Crippen LogP contribution is 2.69. The Morgan fingerprint density at radius 1 is 1.06 bits per heavy atom. The largest absolute Gasteiger partial charge is 0.359 e. The topological polar surface area (TPSA) is 25.1 Å². The number of benzene rings is 1. The van der Waals surface area contributed by atoms with Crippen LogP contribution >= 0.6 is 0 Å². The normalized spacial score (nSPS) is 43.5. The molecule has 170 valence electrons. The third kappa shape index (κ3) is 2.51. The number of nitrogens with zero attached hydrogens (tertiary/aromatic N) is 2. The van der Waals surface area contributed by atoms with Crippen LogP contribution in [-0.4, -0.2) is 40.2 Å². The molecule has 3 nitrogen and oxygen atoms in total. The van der Waals surface area contributed by atoms with Gasteiger partial charge in [0.25, 0.3) is 0 Å². The summed E-state index contributed by atoms with van der Waals surface area (Å²) < 4.78 is 7.45. The van der Waals surface area contributed by atoms with Crippen molar-refractivity contribution in [2.45, 2.75) is 81.5 Å². The van der Waals surface area contributed by atoms with E-state index >= 15 is 0 Å². The SMILES string of the molecule is C[C@]12CC=C3C=C4CC[C@@H](N5CC5)C[C@]45CCC3(O5)[C@@H]1CCC2c1ccc2ccncc2c1. The molecule has 3 heteroatoms. The summed E-state index contributed by atoms with van der Waals surface area (Å²) in [5.41, 5.74) is 4.94. The molecular weight excluding hydrogens is 404 g/mol. The van der Waals surface area contributed by atoms with Crippen molar-refractivity contribution < 1.29 is 4.74 Å². The summed E-state index contributed by atoms with van der Waals surface area (Å²) in [6, 6.07) is 9.99. The average Bonchev–Trinajstić information content (AvgIpc) is 3.56. The molecule has 2 bridgehead atoms. The molecular formula is C30H34N2O. The third-order valence-electron chi connectivity index (χ3n) is 10.7. The third-order valence-corrected chi connectivity index (χ3v) is 10.7. The minimum Gasteiger partial charge on any atom is -0.359 e. The van der Waals surface area contributed by atoms with Gasteiger partial charge in [0.1, 0.15) is 0 Å². The molecule has 3 aliphatic heterocycles. The number of fused-ring (bicyclic) bond motifs is 2. The number of rotatable bonds is 2. The van der Waals surface area contributed by atoms with Crippen LogP contribution in [0, 0.1) is 11.3 Å². The molecule has 4 fully saturated rings. The standard InChI is InChI=1S/C30H34N2O/c1-28-10-8-24-17-23-4-5-25(32-14-15-32)18-29(23)11-12-30(24,33-29)27(28)7-6-26(28)21-3-2-20-9-13-31-19-22(20)16-21/h2-3,8-9,13,16-17,19,25-27H,4-7,10-12,14-15,18H2,1H3/t25-,26?,27-,28-,29-,30?/m1/s1. The van der Waals surface area contributed by atoms with E-state index in [1.165, 1.54) is 80.8 Å². The lowest BCUT2D eigenvalue weighted by molar-refractivity contribution is -0.138. The number of aromatic nitrogens is 1. The number of ether oxygens (including phenoxy) is 1. The quantitative estimate of drug-likeness (QED) is 0.525. The number of pyridine rings is 1. The monoisotopic (exact) mass is 438 g/mol. The molecule has 4 heterocycles. The summed E-state index contributed by atoms with van der Waals surface area (Å²) >= 11 is 0. The van der Waals surface area contributed by atoms with Crippen LogP contribution in [-0.2, 0) is 4.74 Å². The molecule has 6 aliphatic rings. The fraction of sp³-hybridized carbons (Fsp3) is 0.567. The summed E-state index contributed by atoms with van der Waals surface area (Å²) in [5, 5.41) is 2.57. The predicted molar refractivity (Wildman–Crippen MR) is 131 cm³/mol. The van der Waals surface area contributed by atoms with Crippen LogP contribution in [0.2, 0.25) is 0 Å². The lowest BCUT2D eigenvalue weighted by Gasteiger charge is -2.54. The molecule has 3 aliphatic carbocycles. The maximum absolute atomic E-state index is 7.45. The van der Waals surface area contributed by atoms with Crippen molar-refractivity contribution >= 4 is 10.8 Å². The smallest absolute Gasteiger partial charge is 0.0974 e. The summed E-state index contributed by atoms with van der Waals surface area (Å²) in [6.45, 7) is 5.19. The van der Waals surface area contributed by atoms with Crippen molar-refractivity contribution in [2.75, 3.05) is 13.1 Å². The lowest BCUT2D eigenvalue weighted by Crippen LogP contribution is -2.54. The van der Waals surface area contributed by atoms with Crippen molar-refractivity contribution in [1.82, 2.24) is 9.88 Å². The molecule has 2 saturated carbocycles. The van der Waals surface area contributed by atoms with E-state index in [4.69, 9.17) is 4.74 Å². The molecule has 1 aromatic carbocycles. The molecule has 2 unspecified atom stereocenters. The first-order chi connectivity index (χ1) is 16.1. The predicted octanol–water partition coefficient (Wildman–Crippen LogP) is 6.16. The van der Waals surface area contributed by atoms with Gasteiger partial charge in [-0.25, -0.2) is 0 Å². The molecule has 2 saturated heterocycles. The van der Waals surface area contributed by atoms with E-state index in [9.17, 15) is 0 Å². The van der Waals surface area contributed by atoms with Gasteiger partial charge in [0.15, 0.2) is 0 Å². The second-order valence-corrected chi connectivity index (χ2v) is 12.1. The van der Waals surface area contributed by atoms with E-state index in [-0.39, 0.29) is 16.6 Å². The summed E-state index contributed by atoms with van der Waals surface area (Å²) in [6.07, 6.45) is 19.2. The zero-order chi connectivity index (χ0) is 21.8. The zero-order valence-corrected chi connectivity index (χ0v) is 19.7. The first-order valence-electron chi connectivity index (χ1n) is 13.3. The summed E-state index contributed by atoms with van der Waals surface area (Å²) in [4.78, 5) is 7.06. The van der Waals surface area contributed by atoms with Gasteiger partial charge in [-0.3, -0.25) is 9.88 Å². The molecule has 0 amide bonds. The van der Waals surface area contributed by atoms with Gasteiger partial charge in [0.05, 0.1) is 11.2 Å². The van der Waals surface area contributed by atoms with E-state index in [0.717, 1.165) is 6.04 Å². The zero-order valence-electron chi connectivity index (χ0n) is 19.7. The van der Waals surface area contributed by atoms with Gasteiger partial charge in [-0.1, -0.05) is 31.2 Å².